The average molecular weight is 212 g/mol. The van der Waals surface area contributed by atoms with Crippen molar-refractivity contribution in [1.82, 2.24) is 9.72 Å². The lowest BCUT2D eigenvalue weighted by atomic mass is 9.85. The molecule has 0 aromatic carbocycles. The second-order valence-corrected chi connectivity index (χ2v) is 5.48. The zero-order valence-corrected chi connectivity index (χ0v) is 10.2. The molecule has 1 atom stereocenters. The highest BCUT2D eigenvalue weighted by atomic mass is 16.5. The first-order valence-corrected chi connectivity index (χ1v) is 5.33. The lowest BCUT2D eigenvalue weighted by molar-refractivity contribution is 0.278. The molecule has 0 fully saturated rings. The number of hydrogen-bond donors (Lipinski definition) is 0. The van der Waals surface area contributed by atoms with Gasteiger partial charge in [-0.1, -0.05) is 32.9 Å². The maximum atomic E-state index is 11.3. The molecular weight excluding hydrogens is 192 g/mol. The van der Waals surface area contributed by atoms with Gasteiger partial charge >= 0.3 is 5.76 Å². The minimum Gasteiger partial charge on any atom is -0.296 e. The molecule has 0 radical (unpaired) electrons. The van der Waals surface area contributed by atoms with Crippen LogP contribution in [-0.4, -0.2) is 9.72 Å². The van der Waals surface area contributed by atoms with Crippen LogP contribution in [0.25, 0.3) is 0 Å². The van der Waals surface area contributed by atoms with Gasteiger partial charge in [-0.3, -0.25) is 9.09 Å². The van der Waals surface area contributed by atoms with E-state index in [4.69, 9.17) is 0 Å². The molecule has 1 unspecified atom stereocenters. The van der Waals surface area contributed by atoms with Gasteiger partial charge in [-0.05, 0) is 24.7 Å². The number of hydrogen-bond acceptors (Lipinski definition) is 3. The Labute approximate surface area is 90.3 Å². The largest absolute Gasteiger partial charge is 0.441 e. The summed E-state index contributed by atoms with van der Waals surface area (Å²) < 4.78 is 6.18. The van der Waals surface area contributed by atoms with Gasteiger partial charge in [0.25, 0.3) is 0 Å². The van der Waals surface area contributed by atoms with Crippen LogP contribution in [0, 0.1) is 18.3 Å². The predicted octanol–water partition coefficient (Wildman–Crippen LogP) is 2.22. The molecule has 1 heterocycles. The van der Waals surface area contributed by atoms with E-state index in [1.807, 2.05) is 0 Å². The third-order valence-electron chi connectivity index (χ3n) is 2.32. The predicted molar refractivity (Wildman–Crippen MR) is 58.7 cm³/mol. The Morgan fingerprint density at radius 2 is 2.07 bits per heavy atom. The van der Waals surface area contributed by atoms with Crippen molar-refractivity contribution in [3.63, 3.8) is 0 Å². The lowest BCUT2D eigenvalue weighted by Crippen LogP contribution is -2.22. The Morgan fingerprint density at radius 3 is 2.47 bits per heavy atom. The van der Waals surface area contributed by atoms with E-state index >= 15 is 0 Å². The molecule has 1 rings (SSSR count). The Morgan fingerprint density at radius 1 is 1.47 bits per heavy atom. The second kappa shape index (κ2) is 4.21. The van der Waals surface area contributed by atoms with E-state index in [0.29, 0.717) is 18.3 Å². The van der Waals surface area contributed by atoms with E-state index < -0.39 is 0 Å². The van der Waals surface area contributed by atoms with Crippen molar-refractivity contribution < 1.29 is 4.52 Å². The first kappa shape index (κ1) is 12.0. The smallest absolute Gasteiger partial charge is 0.296 e. The van der Waals surface area contributed by atoms with Crippen molar-refractivity contribution in [2.75, 3.05) is 0 Å². The molecule has 0 saturated carbocycles. The number of rotatable bonds is 3. The van der Waals surface area contributed by atoms with Crippen LogP contribution < -0.4 is 5.76 Å². The fourth-order valence-electron chi connectivity index (χ4n) is 1.96. The van der Waals surface area contributed by atoms with Crippen LogP contribution in [0.5, 0.6) is 0 Å². The Kier molecular flexibility index (Phi) is 3.37. The van der Waals surface area contributed by atoms with Gasteiger partial charge in [-0.2, -0.15) is 0 Å². The molecule has 4 nitrogen and oxygen atoms in total. The van der Waals surface area contributed by atoms with Gasteiger partial charge < -0.3 is 0 Å². The molecule has 1 aromatic rings. The van der Waals surface area contributed by atoms with Gasteiger partial charge in [0.15, 0.2) is 5.82 Å². The Bertz CT molecular complexity index is 371. The van der Waals surface area contributed by atoms with Crippen LogP contribution in [0.4, 0.5) is 0 Å². The Balaban J connectivity index is 2.67. The molecule has 86 valence electrons. The summed E-state index contributed by atoms with van der Waals surface area (Å²) in [6.45, 7) is 11.2. The molecule has 0 bridgehead atoms. The highest BCUT2D eigenvalue weighted by Crippen LogP contribution is 2.24. The average Bonchev–Trinajstić information content (AvgIpc) is 2.32. The third-order valence-corrected chi connectivity index (χ3v) is 2.32. The molecular formula is C11H20N2O2. The molecule has 15 heavy (non-hydrogen) atoms. The minimum atomic E-state index is -0.353. The maximum absolute atomic E-state index is 11.3. The molecule has 0 aliphatic rings. The van der Waals surface area contributed by atoms with Gasteiger partial charge in [-0.25, -0.2) is 4.79 Å². The van der Waals surface area contributed by atoms with Crippen LogP contribution in [0.1, 0.15) is 39.9 Å². The summed E-state index contributed by atoms with van der Waals surface area (Å²) in [6.07, 6.45) is 1.07. The number of nitrogens with zero attached hydrogens (tertiary/aromatic N) is 2. The van der Waals surface area contributed by atoms with Gasteiger partial charge in [0.05, 0.1) is 0 Å². The molecule has 0 aliphatic heterocycles. The fourth-order valence-corrected chi connectivity index (χ4v) is 1.96. The monoisotopic (exact) mass is 212 g/mol. The van der Waals surface area contributed by atoms with E-state index in [0.717, 1.165) is 6.42 Å². The SMILES string of the molecule is Cc1noc(=O)n1CC(C)CC(C)(C)C. The highest BCUT2D eigenvalue weighted by molar-refractivity contribution is 4.79. The van der Waals surface area contributed by atoms with Crippen LogP contribution in [0.15, 0.2) is 9.32 Å². The van der Waals surface area contributed by atoms with E-state index in [-0.39, 0.29) is 11.2 Å². The van der Waals surface area contributed by atoms with Gasteiger partial charge in [0, 0.05) is 6.54 Å². The van der Waals surface area contributed by atoms with Crippen LogP contribution in [0.2, 0.25) is 0 Å². The standard InChI is InChI=1S/C11H20N2O2/c1-8(6-11(3,4)5)7-13-9(2)12-15-10(13)14/h8H,6-7H2,1-5H3. The summed E-state index contributed by atoms with van der Waals surface area (Å²) in [5.41, 5.74) is 0.286. The van der Waals surface area contributed by atoms with Crippen molar-refractivity contribution in [1.29, 1.82) is 0 Å². The maximum Gasteiger partial charge on any atom is 0.441 e. The number of aromatic nitrogens is 2. The normalized spacial score (nSPS) is 14.2. The molecule has 0 aliphatic carbocycles. The van der Waals surface area contributed by atoms with Crippen LogP contribution in [-0.2, 0) is 6.54 Å². The highest BCUT2D eigenvalue weighted by Gasteiger charge is 2.17. The summed E-state index contributed by atoms with van der Waals surface area (Å²) in [5, 5.41) is 3.64. The van der Waals surface area contributed by atoms with E-state index in [1.54, 1.807) is 11.5 Å². The van der Waals surface area contributed by atoms with Gasteiger partial charge in [-0.15, -0.1) is 0 Å². The summed E-state index contributed by atoms with van der Waals surface area (Å²) in [5.74, 6) is 0.745. The quantitative estimate of drug-likeness (QED) is 0.771. The van der Waals surface area contributed by atoms with Crippen molar-refractivity contribution in [3.05, 3.63) is 16.4 Å². The zero-order valence-electron chi connectivity index (χ0n) is 10.2. The molecule has 0 amide bonds. The minimum absolute atomic E-state index is 0.286. The summed E-state index contributed by atoms with van der Waals surface area (Å²) in [6, 6.07) is 0. The van der Waals surface area contributed by atoms with Gasteiger partial charge in [0.2, 0.25) is 0 Å². The summed E-state index contributed by atoms with van der Waals surface area (Å²) in [7, 11) is 0. The zero-order chi connectivity index (χ0) is 11.6. The van der Waals surface area contributed by atoms with Crippen LogP contribution in [0.3, 0.4) is 0 Å². The van der Waals surface area contributed by atoms with Gasteiger partial charge in [0.1, 0.15) is 0 Å². The molecule has 0 saturated heterocycles. The van der Waals surface area contributed by atoms with Crippen molar-refractivity contribution in [2.24, 2.45) is 11.3 Å². The molecule has 1 aromatic heterocycles. The van der Waals surface area contributed by atoms with Crippen molar-refractivity contribution >= 4 is 0 Å². The topological polar surface area (TPSA) is 48.0 Å². The van der Waals surface area contributed by atoms with E-state index in [1.165, 1.54) is 0 Å². The summed E-state index contributed by atoms with van der Waals surface area (Å²) >= 11 is 0. The Hall–Kier alpha value is -1.06. The fraction of sp³-hybridized carbons (Fsp3) is 0.818. The summed E-state index contributed by atoms with van der Waals surface area (Å²) in [4.78, 5) is 11.3. The van der Waals surface area contributed by atoms with E-state index in [9.17, 15) is 4.79 Å². The second-order valence-electron chi connectivity index (χ2n) is 5.48. The number of aryl methyl sites for hydroxylation is 1. The van der Waals surface area contributed by atoms with Crippen molar-refractivity contribution in [3.8, 4) is 0 Å². The molecule has 0 spiro atoms. The van der Waals surface area contributed by atoms with Crippen molar-refractivity contribution in [2.45, 2.75) is 47.6 Å². The van der Waals surface area contributed by atoms with E-state index in [2.05, 4.69) is 37.4 Å². The molecule has 4 heteroatoms. The third kappa shape index (κ3) is 3.53. The first-order valence-electron chi connectivity index (χ1n) is 5.33. The lowest BCUT2D eigenvalue weighted by Gasteiger charge is -2.23. The first-order chi connectivity index (χ1) is 6.79. The van der Waals surface area contributed by atoms with Crippen LogP contribution >= 0.6 is 0 Å². The molecule has 0 N–H and O–H groups in total.